The van der Waals surface area contributed by atoms with Gasteiger partial charge in [-0.15, -0.1) is 0 Å². The van der Waals surface area contributed by atoms with Gasteiger partial charge in [-0.25, -0.2) is 4.39 Å². The number of hydrogen-bond acceptors (Lipinski definition) is 4. The first-order valence-corrected chi connectivity index (χ1v) is 10.3. The number of likely N-dealkylation sites (tertiary alicyclic amines) is 2. The minimum atomic E-state index is -0.868. The van der Waals surface area contributed by atoms with Crippen LogP contribution in [0.2, 0.25) is 0 Å². The van der Waals surface area contributed by atoms with Gasteiger partial charge in [0.25, 0.3) is 0 Å². The van der Waals surface area contributed by atoms with Gasteiger partial charge >= 0.3 is 0 Å². The van der Waals surface area contributed by atoms with E-state index in [0.717, 1.165) is 42.5 Å². The van der Waals surface area contributed by atoms with Crippen LogP contribution in [0.4, 0.5) is 10.1 Å². The summed E-state index contributed by atoms with van der Waals surface area (Å²) in [6, 6.07) is 8.71. The third-order valence-electron chi connectivity index (χ3n) is 6.12. The van der Waals surface area contributed by atoms with Gasteiger partial charge in [-0.2, -0.15) is 0 Å². The van der Waals surface area contributed by atoms with Gasteiger partial charge in [-0.1, -0.05) is 18.2 Å². The van der Waals surface area contributed by atoms with Crippen molar-refractivity contribution in [2.75, 3.05) is 31.5 Å². The third kappa shape index (κ3) is 3.97. The fourth-order valence-corrected chi connectivity index (χ4v) is 4.50. The van der Waals surface area contributed by atoms with Crippen LogP contribution in [0.5, 0.6) is 0 Å². The highest BCUT2D eigenvalue weighted by atomic mass is 19.1. The van der Waals surface area contributed by atoms with E-state index in [4.69, 9.17) is 0 Å². The van der Waals surface area contributed by atoms with E-state index in [2.05, 4.69) is 40.3 Å². The molecule has 1 aromatic carbocycles. The van der Waals surface area contributed by atoms with Crippen molar-refractivity contribution in [2.45, 2.75) is 51.4 Å². The van der Waals surface area contributed by atoms with Gasteiger partial charge in [-0.05, 0) is 38.3 Å². The number of anilines is 1. The molecule has 150 valence electrons. The Morgan fingerprint density at radius 3 is 2.79 bits per heavy atom. The molecule has 2 aromatic rings. The summed E-state index contributed by atoms with van der Waals surface area (Å²) in [7, 11) is 0. The number of alkyl halides is 1. The van der Waals surface area contributed by atoms with Crippen molar-refractivity contribution in [3.8, 4) is 0 Å². The van der Waals surface area contributed by atoms with Gasteiger partial charge in [0.05, 0.1) is 18.6 Å². The molecule has 1 N–H and O–H groups in total. The fourth-order valence-electron chi connectivity index (χ4n) is 4.50. The largest absolute Gasteiger partial charge is 0.382 e. The zero-order chi connectivity index (χ0) is 19.7. The second-order valence-electron chi connectivity index (χ2n) is 8.25. The summed E-state index contributed by atoms with van der Waals surface area (Å²) >= 11 is 0. The predicted octanol–water partition coefficient (Wildman–Crippen LogP) is 3.38. The number of nitrogens with zero attached hydrogens (tertiary/aromatic N) is 3. The van der Waals surface area contributed by atoms with E-state index in [1.807, 2.05) is 19.2 Å². The van der Waals surface area contributed by atoms with Crippen LogP contribution in [0.1, 0.15) is 31.7 Å². The number of piperidine rings is 1. The topological polar surface area (TPSA) is 48.5 Å². The lowest BCUT2D eigenvalue weighted by molar-refractivity contribution is -0.133. The third-order valence-corrected chi connectivity index (χ3v) is 6.12. The highest BCUT2D eigenvalue weighted by Gasteiger charge is 2.33. The zero-order valence-corrected chi connectivity index (χ0v) is 16.7. The molecule has 6 heteroatoms. The van der Waals surface area contributed by atoms with Crippen LogP contribution in [0.25, 0.3) is 10.9 Å². The number of carbonyl (C=O) groups is 1. The second-order valence-corrected chi connectivity index (χ2v) is 8.25. The molecule has 0 spiro atoms. The second kappa shape index (κ2) is 8.03. The molecule has 28 heavy (non-hydrogen) atoms. The van der Waals surface area contributed by atoms with Crippen molar-refractivity contribution in [3.63, 3.8) is 0 Å². The molecule has 2 aliphatic rings. The summed E-state index contributed by atoms with van der Waals surface area (Å²) in [5.41, 5.74) is 3.35. The Morgan fingerprint density at radius 1 is 1.29 bits per heavy atom. The number of halogens is 1. The van der Waals surface area contributed by atoms with Crippen LogP contribution >= 0.6 is 0 Å². The number of fused-ring (bicyclic) bond motifs is 1. The molecule has 2 aliphatic heterocycles. The Bertz CT molecular complexity index is 850. The summed E-state index contributed by atoms with van der Waals surface area (Å²) < 4.78 is 13.5. The van der Waals surface area contributed by atoms with Gasteiger partial charge in [-0.3, -0.25) is 14.7 Å². The molecule has 2 atom stereocenters. The Morgan fingerprint density at radius 2 is 2.07 bits per heavy atom. The van der Waals surface area contributed by atoms with Crippen molar-refractivity contribution >= 4 is 22.5 Å². The molecule has 2 fully saturated rings. The first kappa shape index (κ1) is 19.1. The van der Waals surface area contributed by atoms with Crippen LogP contribution in [0, 0.1) is 6.92 Å². The van der Waals surface area contributed by atoms with Gasteiger partial charge in [0, 0.05) is 48.9 Å². The molecule has 3 heterocycles. The molecule has 4 rings (SSSR count). The van der Waals surface area contributed by atoms with E-state index in [9.17, 15) is 9.18 Å². The number of pyridine rings is 1. The number of benzene rings is 1. The lowest BCUT2D eigenvalue weighted by Gasteiger charge is -2.34. The molecule has 0 radical (unpaired) electrons. The molecule has 0 saturated carbocycles. The average Bonchev–Trinajstić information content (AvgIpc) is 3.02. The summed E-state index contributed by atoms with van der Waals surface area (Å²) in [6.07, 6.45) is 3.44. The number of hydrogen-bond donors (Lipinski definition) is 1. The smallest absolute Gasteiger partial charge is 0.237 e. The molecule has 5 nitrogen and oxygen atoms in total. The number of amides is 1. The van der Waals surface area contributed by atoms with E-state index in [1.165, 1.54) is 5.56 Å². The normalized spacial score (nSPS) is 24.0. The number of carbonyl (C=O) groups excluding carboxylic acids is 1. The predicted molar refractivity (Wildman–Crippen MR) is 110 cm³/mol. The Balaban J connectivity index is 1.33. The molecular formula is C22H29FN4O. The van der Waals surface area contributed by atoms with Crippen LogP contribution in [-0.4, -0.2) is 65.1 Å². The maximum Gasteiger partial charge on any atom is 0.237 e. The van der Waals surface area contributed by atoms with Crippen LogP contribution in [0.15, 0.2) is 30.5 Å². The molecule has 0 aliphatic carbocycles. The lowest BCUT2D eigenvalue weighted by atomic mass is 10.0. The fraction of sp³-hybridized carbons (Fsp3) is 0.545. The van der Waals surface area contributed by atoms with Crippen molar-refractivity contribution in [1.29, 1.82) is 0 Å². The average molecular weight is 384 g/mol. The highest BCUT2D eigenvalue weighted by Crippen LogP contribution is 2.26. The van der Waals surface area contributed by atoms with Gasteiger partial charge in [0.15, 0.2) is 0 Å². The summed E-state index contributed by atoms with van der Waals surface area (Å²) in [5, 5.41) is 4.84. The summed E-state index contributed by atoms with van der Waals surface area (Å²) in [5.74, 6) is 0.0645. The van der Waals surface area contributed by atoms with E-state index < -0.39 is 6.17 Å². The van der Waals surface area contributed by atoms with Crippen LogP contribution < -0.4 is 5.32 Å². The van der Waals surface area contributed by atoms with Crippen molar-refractivity contribution in [1.82, 2.24) is 14.8 Å². The minimum Gasteiger partial charge on any atom is -0.382 e. The van der Waals surface area contributed by atoms with Gasteiger partial charge < -0.3 is 10.2 Å². The standard InChI is InChI=1S/C22H29FN4O/c1-15-4-3-5-19-20(6-9-24-22(15)19)25-18-7-10-26(11-8-18)14-21(28)27-13-17(23)12-16(27)2/h3-6,9,16-18H,7-8,10-14H2,1-2H3,(H,24,25)/t16-,17+/m1/s1. The van der Waals surface area contributed by atoms with E-state index in [1.54, 1.807) is 4.90 Å². The lowest BCUT2D eigenvalue weighted by Crippen LogP contribution is -2.46. The number of rotatable bonds is 4. The van der Waals surface area contributed by atoms with E-state index >= 15 is 0 Å². The number of aromatic nitrogens is 1. The monoisotopic (exact) mass is 384 g/mol. The first-order valence-electron chi connectivity index (χ1n) is 10.3. The number of nitrogens with one attached hydrogen (secondary N) is 1. The Kier molecular flexibility index (Phi) is 5.49. The first-order chi connectivity index (χ1) is 13.5. The van der Waals surface area contributed by atoms with Gasteiger partial charge in [0.1, 0.15) is 6.17 Å². The highest BCUT2D eigenvalue weighted by molar-refractivity contribution is 5.92. The van der Waals surface area contributed by atoms with E-state index in [0.29, 0.717) is 19.0 Å². The Labute approximate surface area is 165 Å². The van der Waals surface area contributed by atoms with Crippen molar-refractivity contribution in [3.05, 3.63) is 36.0 Å². The SMILES string of the molecule is Cc1cccc2c(NC3CCN(CC(=O)N4C[C@@H](F)C[C@H]4C)CC3)ccnc12. The van der Waals surface area contributed by atoms with Crippen LogP contribution in [-0.2, 0) is 4.79 Å². The molecule has 1 amide bonds. The van der Waals surface area contributed by atoms with Crippen molar-refractivity contribution < 1.29 is 9.18 Å². The maximum absolute atomic E-state index is 13.5. The molecule has 1 aromatic heterocycles. The number of para-hydroxylation sites is 1. The molecule has 2 saturated heterocycles. The quantitative estimate of drug-likeness (QED) is 0.878. The maximum atomic E-state index is 13.5. The van der Waals surface area contributed by atoms with Crippen LogP contribution in [0.3, 0.4) is 0 Å². The molecule has 0 bridgehead atoms. The molecular weight excluding hydrogens is 355 g/mol. The Hall–Kier alpha value is -2.21. The van der Waals surface area contributed by atoms with E-state index in [-0.39, 0.29) is 18.5 Å². The van der Waals surface area contributed by atoms with Gasteiger partial charge in [0.2, 0.25) is 5.91 Å². The minimum absolute atomic E-state index is 0.0186. The molecule has 0 unspecified atom stereocenters. The number of aryl methyl sites for hydroxylation is 1. The summed E-state index contributed by atoms with van der Waals surface area (Å²) in [4.78, 5) is 20.9. The summed E-state index contributed by atoms with van der Waals surface area (Å²) in [6.45, 7) is 6.45. The zero-order valence-electron chi connectivity index (χ0n) is 16.7. The van der Waals surface area contributed by atoms with Crippen molar-refractivity contribution in [2.24, 2.45) is 0 Å².